The van der Waals surface area contributed by atoms with Gasteiger partial charge in [0.05, 0.1) is 45.1 Å². The number of aliphatic imine (C=N–C) groups is 2. The summed E-state index contributed by atoms with van der Waals surface area (Å²) < 4.78 is 2.67. The van der Waals surface area contributed by atoms with E-state index in [1.54, 1.807) is 16.8 Å². The Morgan fingerprint density at radius 3 is 2.85 bits per heavy atom. The summed E-state index contributed by atoms with van der Waals surface area (Å²) in [6, 6.07) is 6.33. The van der Waals surface area contributed by atoms with Gasteiger partial charge in [-0.05, 0) is 18.2 Å². The highest BCUT2D eigenvalue weighted by Gasteiger charge is 2.35. The Hall–Kier alpha value is -3.00. The minimum Gasteiger partial charge on any atom is -0.396 e. The Morgan fingerprint density at radius 2 is 2.11 bits per heavy atom. The lowest BCUT2D eigenvalue weighted by molar-refractivity contribution is -0.893. The van der Waals surface area contributed by atoms with E-state index in [1.165, 1.54) is 0 Å². The van der Waals surface area contributed by atoms with Gasteiger partial charge in [0.2, 0.25) is 0 Å². The Kier molecular flexibility index (Phi) is 4.07. The highest BCUT2D eigenvalue weighted by Crippen LogP contribution is 2.23. The van der Waals surface area contributed by atoms with Crippen molar-refractivity contribution in [3.05, 3.63) is 42.4 Å². The third kappa shape index (κ3) is 3.23. The highest BCUT2D eigenvalue weighted by atomic mass is 15.4. The van der Waals surface area contributed by atoms with Crippen molar-refractivity contribution in [3.8, 4) is 0 Å². The first kappa shape index (κ1) is 17.4. The Bertz CT molecular complexity index is 989. The number of nitrogens with zero attached hydrogens (tertiary/aromatic N) is 6. The van der Waals surface area contributed by atoms with Crippen LogP contribution in [-0.4, -0.2) is 76.7 Å². The molecule has 0 radical (unpaired) electrons. The Labute approximate surface area is 158 Å². The van der Waals surface area contributed by atoms with Crippen molar-refractivity contribution in [1.29, 1.82) is 5.41 Å². The van der Waals surface area contributed by atoms with Crippen LogP contribution >= 0.6 is 0 Å². The first-order valence-corrected chi connectivity index (χ1v) is 9.05. The number of likely N-dealkylation sites (tertiary alicyclic amines) is 1. The van der Waals surface area contributed by atoms with Crippen molar-refractivity contribution in [3.63, 3.8) is 0 Å². The van der Waals surface area contributed by atoms with Crippen molar-refractivity contribution < 1.29 is 4.48 Å². The van der Waals surface area contributed by atoms with Gasteiger partial charge in [0.1, 0.15) is 17.4 Å². The molecule has 2 aliphatic rings. The second kappa shape index (κ2) is 6.31. The third-order valence-electron chi connectivity index (χ3n) is 5.20. The van der Waals surface area contributed by atoms with Gasteiger partial charge in [-0.3, -0.25) is 5.41 Å². The Balaban J connectivity index is 1.67. The molecule has 4 heterocycles. The van der Waals surface area contributed by atoms with Crippen LogP contribution in [0.3, 0.4) is 0 Å². The van der Waals surface area contributed by atoms with E-state index in [0.717, 1.165) is 35.3 Å². The van der Waals surface area contributed by atoms with E-state index in [9.17, 15) is 0 Å². The maximum atomic E-state index is 8.24. The molecule has 0 amide bonds. The summed E-state index contributed by atoms with van der Waals surface area (Å²) in [7, 11) is 6.64. The van der Waals surface area contributed by atoms with Gasteiger partial charge in [-0.1, -0.05) is 6.07 Å². The lowest BCUT2D eigenvalue weighted by atomic mass is 10.2. The molecule has 1 unspecified atom stereocenters. The fourth-order valence-corrected chi connectivity index (χ4v) is 3.54. The number of fused-ring (bicyclic) bond motifs is 1. The molecule has 2 aromatic rings. The van der Waals surface area contributed by atoms with Crippen LogP contribution in [0.1, 0.15) is 6.42 Å². The molecule has 4 rings (SSSR count). The third-order valence-corrected chi connectivity index (χ3v) is 5.20. The summed E-state index contributed by atoms with van der Waals surface area (Å²) in [6.07, 6.45) is 6.29. The van der Waals surface area contributed by atoms with Crippen molar-refractivity contribution in [2.24, 2.45) is 15.7 Å². The van der Waals surface area contributed by atoms with E-state index < -0.39 is 0 Å². The normalized spacial score (nSPS) is 22.5. The quantitative estimate of drug-likeness (QED) is 0.788. The average Bonchev–Trinajstić information content (AvgIpc) is 3.25. The van der Waals surface area contributed by atoms with Crippen molar-refractivity contribution >= 4 is 28.6 Å². The molecule has 1 fully saturated rings. The van der Waals surface area contributed by atoms with Gasteiger partial charge in [-0.15, -0.1) is 0 Å². The maximum Gasteiger partial charge on any atom is 0.180 e. The lowest BCUT2D eigenvalue weighted by Crippen LogP contribution is -2.47. The van der Waals surface area contributed by atoms with Gasteiger partial charge >= 0.3 is 0 Å². The van der Waals surface area contributed by atoms with Crippen molar-refractivity contribution in [1.82, 2.24) is 14.5 Å². The van der Waals surface area contributed by atoms with Crippen LogP contribution in [0.2, 0.25) is 0 Å². The summed E-state index contributed by atoms with van der Waals surface area (Å²) >= 11 is 0. The van der Waals surface area contributed by atoms with E-state index in [4.69, 9.17) is 11.1 Å². The van der Waals surface area contributed by atoms with Crippen LogP contribution in [0.5, 0.6) is 0 Å². The fourth-order valence-electron chi connectivity index (χ4n) is 3.54. The number of dihydropyridines is 1. The highest BCUT2D eigenvalue weighted by molar-refractivity contribution is 6.49. The van der Waals surface area contributed by atoms with Crippen molar-refractivity contribution in [2.75, 3.05) is 34.2 Å². The number of hydrogen-bond donors (Lipinski definition) is 2. The molecular formula is C19H25N8+. The second-order valence-corrected chi connectivity index (χ2v) is 7.95. The molecule has 0 spiro atoms. The zero-order valence-corrected chi connectivity index (χ0v) is 15.9. The van der Waals surface area contributed by atoms with Gasteiger partial charge in [0, 0.05) is 19.2 Å². The first-order chi connectivity index (χ1) is 12.8. The summed E-state index contributed by atoms with van der Waals surface area (Å²) in [5, 5.41) is 12.5. The molecule has 2 aromatic heterocycles. The standard InChI is InChI=1S/C19H25N8/c1-27(2,3)13-7-9-25(12-13)19-15(21)10-14(20)18(24-19)23-16-11-22-26-8-5-4-6-17(16)26/h4-6,8,10-11,13,20H,7,9,12,21H2,1-3H3/q+1. The van der Waals surface area contributed by atoms with Crippen LogP contribution in [0.15, 0.2) is 52.4 Å². The van der Waals surface area contributed by atoms with Crippen LogP contribution in [-0.2, 0) is 0 Å². The molecule has 0 saturated carbocycles. The fraction of sp³-hybridized carbons (Fsp3) is 0.368. The predicted octanol–water partition coefficient (Wildman–Crippen LogP) is 1.42. The van der Waals surface area contributed by atoms with Gasteiger partial charge in [-0.25, -0.2) is 14.5 Å². The minimum atomic E-state index is 0.217. The number of nitrogens with two attached hydrogens (primary N) is 1. The minimum absolute atomic E-state index is 0.217. The van der Waals surface area contributed by atoms with Gasteiger partial charge in [0.15, 0.2) is 11.7 Å². The molecular weight excluding hydrogens is 340 g/mol. The molecule has 8 nitrogen and oxygen atoms in total. The van der Waals surface area contributed by atoms with E-state index in [2.05, 4.69) is 41.1 Å². The molecule has 140 valence electrons. The summed E-state index contributed by atoms with van der Waals surface area (Å²) in [5.74, 6) is 1.09. The largest absolute Gasteiger partial charge is 0.396 e. The number of nitrogens with one attached hydrogen (secondary N) is 1. The topological polar surface area (TPSA) is 95.1 Å². The number of quaternary nitrogens is 1. The van der Waals surface area contributed by atoms with Crippen LogP contribution < -0.4 is 5.73 Å². The van der Waals surface area contributed by atoms with Crippen LogP contribution in [0.4, 0.5) is 5.69 Å². The molecule has 0 bridgehead atoms. The van der Waals surface area contributed by atoms with E-state index in [1.807, 2.05) is 24.4 Å². The Morgan fingerprint density at radius 1 is 1.30 bits per heavy atom. The van der Waals surface area contributed by atoms with Crippen LogP contribution in [0.25, 0.3) is 5.52 Å². The molecule has 0 aromatic carbocycles. The number of likely N-dealkylation sites (N-methyl/N-ethyl adjacent to an activating group) is 1. The maximum absolute atomic E-state index is 8.24. The number of pyridine rings is 1. The average molecular weight is 365 g/mol. The second-order valence-electron chi connectivity index (χ2n) is 7.95. The molecule has 1 atom stereocenters. The van der Waals surface area contributed by atoms with Gasteiger partial charge in [-0.2, -0.15) is 5.10 Å². The molecule has 27 heavy (non-hydrogen) atoms. The van der Waals surface area contributed by atoms with E-state index in [-0.39, 0.29) is 5.71 Å². The van der Waals surface area contributed by atoms with Crippen molar-refractivity contribution in [2.45, 2.75) is 12.5 Å². The molecule has 1 saturated heterocycles. The first-order valence-electron chi connectivity index (χ1n) is 9.05. The smallest absolute Gasteiger partial charge is 0.180 e. The lowest BCUT2D eigenvalue weighted by Gasteiger charge is -2.32. The number of hydrogen-bond acceptors (Lipinski definition) is 5. The molecule has 2 aliphatic heterocycles. The van der Waals surface area contributed by atoms with Crippen LogP contribution in [0, 0.1) is 5.41 Å². The summed E-state index contributed by atoms with van der Waals surface area (Å²) in [6.45, 7) is 1.80. The summed E-state index contributed by atoms with van der Waals surface area (Å²) in [4.78, 5) is 11.5. The zero-order chi connectivity index (χ0) is 19.2. The van der Waals surface area contributed by atoms with Gasteiger partial charge < -0.3 is 15.1 Å². The van der Waals surface area contributed by atoms with E-state index >= 15 is 0 Å². The number of amidine groups is 2. The molecule has 0 aliphatic carbocycles. The zero-order valence-electron chi connectivity index (χ0n) is 15.9. The van der Waals surface area contributed by atoms with Gasteiger partial charge in [0.25, 0.3) is 0 Å². The molecule has 8 heteroatoms. The molecule has 3 N–H and O–H groups in total. The summed E-state index contributed by atoms with van der Waals surface area (Å²) in [5.41, 5.74) is 8.52. The number of aromatic nitrogens is 2. The predicted molar refractivity (Wildman–Crippen MR) is 108 cm³/mol. The SMILES string of the molecule is C[N+](C)(C)C1CCN(C2=NC(=Nc3cnn4ccccc34)C(=N)C=C2N)C1. The number of rotatable bonds is 2. The van der Waals surface area contributed by atoms with E-state index in [0.29, 0.717) is 23.3 Å². The monoisotopic (exact) mass is 365 g/mol.